The number of carbonyl (C=O) groups is 2. The molecular weight excluding hydrogens is 475 g/mol. The fraction of sp³-hybridized carbons (Fsp3) is 0.350. The maximum Gasteiger partial charge on any atom is 0.422 e. The zero-order valence-electron chi connectivity index (χ0n) is 17.0. The highest BCUT2D eigenvalue weighted by Crippen LogP contribution is 2.28. The van der Waals surface area contributed by atoms with E-state index in [2.05, 4.69) is 20.4 Å². The van der Waals surface area contributed by atoms with Crippen LogP contribution in [0.3, 0.4) is 0 Å². The summed E-state index contributed by atoms with van der Waals surface area (Å²) in [7, 11) is 0. The molecule has 1 aliphatic rings. The number of halogens is 6. The van der Waals surface area contributed by atoms with E-state index in [-0.39, 0.29) is 35.3 Å². The van der Waals surface area contributed by atoms with Gasteiger partial charge in [-0.05, 0) is 36.8 Å². The molecule has 33 heavy (non-hydrogen) atoms. The lowest BCUT2D eigenvalue weighted by molar-refractivity contribution is -0.154. The van der Waals surface area contributed by atoms with Gasteiger partial charge in [0.05, 0.1) is 16.8 Å². The number of ether oxygens (including phenoxy) is 1. The Bertz CT molecular complexity index is 1050. The quantitative estimate of drug-likeness (QED) is 0.625. The van der Waals surface area contributed by atoms with Crippen LogP contribution in [0.2, 0.25) is 5.02 Å². The van der Waals surface area contributed by atoms with Crippen LogP contribution >= 0.6 is 11.6 Å². The molecule has 0 saturated carbocycles. The molecule has 1 aliphatic heterocycles. The zero-order valence-corrected chi connectivity index (χ0v) is 17.8. The first-order chi connectivity index (χ1) is 15.5. The number of rotatable bonds is 5. The predicted octanol–water partition coefficient (Wildman–Crippen LogP) is 3.57. The number of amides is 3. The van der Waals surface area contributed by atoms with Gasteiger partial charge in [-0.15, -0.1) is 0 Å². The van der Waals surface area contributed by atoms with Gasteiger partial charge in [0.25, 0.3) is 5.88 Å². The molecule has 2 atom stereocenters. The molecule has 1 aromatic carbocycles. The molecule has 0 spiro atoms. The first kappa shape index (κ1) is 24.5. The number of urea groups is 1. The van der Waals surface area contributed by atoms with Crippen LogP contribution in [-0.4, -0.2) is 53.7 Å². The van der Waals surface area contributed by atoms with Gasteiger partial charge < -0.3 is 20.3 Å². The van der Waals surface area contributed by atoms with Crippen LogP contribution < -0.4 is 15.4 Å². The Kier molecular flexibility index (Phi) is 7.25. The number of hydrogen-bond donors (Lipinski definition) is 2. The molecule has 7 nitrogen and oxygen atoms in total. The summed E-state index contributed by atoms with van der Waals surface area (Å²) in [6.07, 6.45) is -4.73. The number of nitrogens with zero attached hydrogens (tertiary/aromatic N) is 2. The molecule has 3 amide bonds. The SMILES string of the molecule is C[C@@H]1C(=O)NCCN1C(=O)N[C@H](c1ccc(F)c(Cl)c1)c1ccc(F)c(OCC(F)(F)F)n1. The van der Waals surface area contributed by atoms with Gasteiger partial charge in [0.2, 0.25) is 5.91 Å². The minimum absolute atomic E-state index is 0.0984. The van der Waals surface area contributed by atoms with Crippen molar-refractivity contribution in [2.45, 2.75) is 25.2 Å². The highest BCUT2D eigenvalue weighted by atomic mass is 35.5. The predicted molar refractivity (Wildman–Crippen MR) is 107 cm³/mol. The second-order valence-corrected chi connectivity index (χ2v) is 7.55. The molecule has 2 heterocycles. The van der Waals surface area contributed by atoms with Crippen molar-refractivity contribution in [1.82, 2.24) is 20.5 Å². The summed E-state index contributed by atoms with van der Waals surface area (Å²) in [6.45, 7) is 0.136. The third-order valence-electron chi connectivity index (χ3n) is 4.81. The summed E-state index contributed by atoms with van der Waals surface area (Å²) in [5.74, 6) is -3.19. The Morgan fingerprint density at radius 3 is 2.67 bits per heavy atom. The molecular formula is C20H18ClF5N4O3. The van der Waals surface area contributed by atoms with Crippen molar-refractivity contribution in [1.29, 1.82) is 0 Å². The van der Waals surface area contributed by atoms with Crippen LogP contribution in [0.4, 0.5) is 26.7 Å². The number of pyridine rings is 1. The van der Waals surface area contributed by atoms with E-state index in [1.165, 1.54) is 24.0 Å². The molecule has 0 unspecified atom stereocenters. The third kappa shape index (κ3) is 6.01. The van der Waals surface area contributed by atoms with E-state index >= 15 is 0 Å². The van der Waals surface area contributed by atoms with Gasteiger partial charge in [-0.1, -0.05) is 17.7 Å². The maximum atomic E-state index is 14.0. The summed E-state index contributed by atoms with van der Waals surface area (Å²) < 4.78 is 69.7. The maximum absolute atomic E-state index is 14.0. The standard InChI is InChI=1S/C20H18ClF5N4O3/c1-10-17(31)27-6-7-30(10)19(32)29-16(11-2-3-13(22)12(21)8-11)15-5-4-14(23)18(28-15)33-9-20(24,25)26/h2-5,8,10,16H,6-7,9H2,1H3,(H,27,31)(H,29,32)/t10-,16-/m1/s1. The topological polar surface area (TPSA) is 83.6 Å². The van der Waals surface area contributed by atoms with Crippen LogP contribution in [0.5, 0.6) is 5.88 Å². The number of nitrogens with one attached hydrogen (secondary N) is 2. The normalized spacial score (nSPS) is 17.4. The van der Waals surface area contributed by atoms with E-state index in [1.54, 1.807) is 0 Å². The van der Waals surface area contributed by atoms with Gasteiger partial charge in [-0.25, -0.2) is 18.6 Å². The van der Waals surface area contributed by atoms with E-state index < -0.39 is 48.4 Å². The summed E-state index contributed by atoms with van der Waals surface area (Å²) in [4.78, 5) is 29.8. The molecule has 0 radical (unpaired) electrons. The minimum atomic E-state index is -4.73. The first-order valence-electron chi connectivity index (χ1n) is 9.62. The largest absolute Gasteiger partial charge is 0.466 e. The molecule has 0 aliphatic carbocycles. The van der Waals surface area contributed by atoms with E-state index in [9.17, 15) is 31.5 Å². The monoisotopic (exact) mass is 492 g/mol. The Labute approximate surface area is 189 Å². The van der Waals surface area contributed by atoms with Crippen LogP contribution in [0.15, 0.2) is 30.3 Å². The van der Waals surface area contributed by atoms with Crippen molar-refractivity contribution >= 4 is 23.5 Å². The number of aromatic nitrogens is 1. The zero-order chi connectivity index (χ0) is 24.3. The van der Waals surface area contributed by atoms with Crippen LogP contribution in [0, 0.1) is 11.6 Å². The average molecular weight is 493 g/mol. The summed E-state index contributed by atoms with van der Waals surface area (Å²) >= 11 is 5.85. The van der Waals surface area contributed by atoms with Crippen LogP contribution in [-0.2, 0) is 4.79 Å². The van der Waals surface area contributed by atoms with E-state index in [0.29, 0.717) is 0 Å². The van der Waals surface area contributed by atoms with Gasteiger partial charge >= 0.3 is 12.2 Å². The molecule has 2 N–H and O–H groups in total. The second kappa shape index (κ2) is 9.77. The Morgan fingerprint density at radius 1 is 1.30 bits per heavy atom. The average Bonchev–Trinajstić information content (AvgIpc) is 2.75. The summed E-state index contributed by atoms with van der Waals surface area (Å²) in [5.41, 5.74) is 0.114. The molecule has 0 bridgehead atoms. The number of alkyl halides is 3. The molecule has 1 fully saturated rings. The lowest BCUT2D eigenvalue weighted by atomic mass is 10.0. The lowest BCUT2D eigenvalue weighted by Crippen LogP contribution is -2.58. The molecule has 13 heteroatoms. The smallest absolute Gasteiger partial charge is 0.422 e. The van der Waals surface area contributed by atoms with Crippen molar-refractivity contribution in [2.75, 3.05) is 19.7 Å². The van der Waals surface area contributed by atoms with E-state index in [1.807, 2.05) is 0 Å². The first-order valence-corrected chi connectivity index (χ1v) is 10.00. The van der Waals surface area contributed by atoms with Gasteiger partial charge in [-0.3, -0.25) is 4.79 Å². The van der Waals surface area contributed by atoms with Gasteiger partial charge in [0.1, 0.15) is 11.9 Å². The molecule has 2 aromatic rings. The number of hydrogen-bond acceptors (Lipinski definition) is 4. The van der Waals surface area contributed by atoms with Crippen molar-refractivity contribution in [3.63, 3.8) is 0 Å². The van der Waals surface area contributed by atoms with Crippen LogP contribution in [0.1, 0.15) is 24.2 Å². The summed E-state index contributed by atoms with van der Waals surface area (Å²) in [5, 5.41) is 4.92. The third-order valence-corrected chi connectivity index (χ3v) is 5.10. The molecule has 1 saturated heterocycles. The van der Waals surface area contributed by atoms with Crippen molar-refractivity contribution < 1.29 is 36.3 Å². The molecule has 1 aromatic heterocycles. The van der Waals surface area contributed by atoms with E-state index in [0.717, 1.165) is 18.2 Å². The number of benzene rings is 1. The van der Waals surface area contributed by atoms with Gasteiger partial charge in [-0.2, -0.15) is 13.2 Å². The lowest BCUT2D eigenvalue weighted by Gasteiger charge is -2.34. The van der Waals surface area contributed by atoms with Gasteiger partial charge in [0, 0.05) is 13.1 Å². The fourth-order valence-electron chi connectivity index (χ4n) is 3.14. The number of carbonyl (C=O) groups excluding carboxylic acids is 2. The summed E-state index contributed by atoms with van der Waals surface area (Å²) in [6, 6.07) is 2.77. The van der Waals surface area contributed by atoms with Crippen molar-refractivity contribution in [3.05, 3.63) is 58.2 Å². The highest BCUT2D eigenvalue weighted by Gasteiger charge is 2.32. The Morgan fingerprint density at radius 2 is 2.00 bits per heavy atom. The minimum Gasteiger partial charge on any atom is -0.466 e. The fourth-order valence-corrected chi connectivity index (χ4v) is 3.33. The van der Waals surface area contributed by atoms with Crippen molar-refractivity contribution in [2.24, 2.45) is 0 Å². The Hall–Kier alpha value is -3.15. The van der Waals surface area contributed by atoms with Crippen molar-refractivity contribution in [3.8, 4) is 5.88 Å². The molecule has 3 rings (SSSR count). The van der Waals surface area contributed by atoms with Crippen LogP contribution in [0.25, 0.3) is 0 Å². The molecule has 178 valence electrons. The second-order valence-electron chi connectivity index (χ2n) is 7.14. The highest BCUT2D eigenvalue weighted by molar-refractivity contribution is 6.30. The van der Waals surface area contributed by atoms with Gasteiger partial charge in [0.15, 0.2) is 12.4 Å². The van der Waals surface area contributed by atoms with E-state index in [4.69, 9.17) is 11.6 Å². The number of piperazine rings is 1. The Balaban J connectivity index is 1.96.